The van der Waals surface area contributed by atoms with Gasteiger partial charge in [0, 0.05) is 11.6 Å². The van der Waals surface area contributed by atoms with E-state index in [0.717, 1.165) is 16.9 Å². The summed E-state index contributed by atoms with van der Waals surface area (Å²) in [6.45, 7) is 8.38. The Bertz CT molecular complexity index is 629. The fourth-order valence-corrected chi connectivity index (χ4v) is 2.06. The van der Waals surface area contributed by atoms with E-state index < -0.39 is 0 Å². The number of rotatable bonds is 2. The highest BCUT2D eigenvalue weighted by atomic mass is 19.1. The van der Waals surface area contributed by atoms with Crippen LogP contribution in [0, 0.1) is 12.7 Å². The van der Waals surface area contributed by atoms with Crippen molar-refractivity contribution in [1.29, 1.82) is 0 Å². The van der Waals surface area contributed by atoms with Gasteiger partial charge in [-0.1, -0.05) is 32.9 Å². The predicted molar refractivity (Wildman–Crippen MR) is 80.8 cm³/mol. The van der Waals surface area contributed by atoms with Gasteiger partial charge in [-0.05, 0) is 36.1 Å². The summed E-state index contributed by atoms with van der Waals surface area (Å²) >= 11 is 0. The van der Waals surface area contributed by atoms with Crippen molar-refractivity contribution in [3.05, 3.63) is 53.3 Å². The van der Waals surface area contributed by atoms with Crippen LogP contribution >= 0.6 is 0 Å². The van der Waals surface area contributed by atoms with E-state index in [4.69, 9.17) is 10.5 Å². The summed E-state index contributed by atoms with van der Waals surface area (Å²) in [6, 6.07) is 10.3. The number of nitrogens with two attached hydrogens (primary N) is 1. The first kappa shape index (κ1) is 14.4. The molecular weight excluding hydrogens is 253 g/mol. The number of halogens is 1. The van der Waals surface area contributed by atoms with Gasteiger partial charge in [0.1, 0.15) is 11.6 Å². The second-order valence-corrected chi connectivity index (χ2v) is 6.03. The lowest BCUT2D eigenvalue weighted by molar-refractivity contribution is 0.455. The van der Waals surface area contributed by atoms with Crippen molar-refractivity contribution >= 4 is 5.69 Å². The summed E-state index contributed by atoms with van der Waals surface area (Å²) in [4.78, 5) is 0. The number of hydrogen-bond acceptors (Lipinski definition) is 2. The molecule has 0 fully saturated rings. The fraction of sp³-hybridized carbons (Fsp3) is 0.294. The first-order chi connectivity index (χ1) is 9.27. The molecule has 0 saturated carbocycles. The molecule has 2 rings (SSSR count). The lowest BCUT2D eigenvalue weighted by atomic mass is 9.86. The maximum absolute atomic E-state index is 13.1. The number of anilines is 1. The van der Waals surface area contributed by atoms with E-state index in [0.29, 0.717) is 11.4 Å². The number of hydrogen-bond donors (Lipinski definition) is 1. The molecular formula is C17H20FNO. The molecule has 2 aromatic carbocycles. The maximum Gasteiger partial charge on any atom is 0.150 e. The standard InChI is InChI=1S/C17H20FNO/c1-11-5-7-13(17(2,3)4)16(9-11)20-15-8-6-12(18)10-14(15)19/h5-10H,19H2,1-4H3. The Morgan fingerprint density at radius 3 is 2.30 bits per heavy atom. The lowest BCUT2D eigenvalue weighted by Gasteiger charge is -2.23. The van der Waals surface area contributed by atoms with Crippen molar-refractivity contribution in [3.8, 4) is 11.5 Å². The van der Waals surface area contributed by atoms with Crippen molar-refractivity contribution in [2.75, 3.05) is 5.73 Å². The summed E-state index contributed by atoms with van der Waals surface area (Å²) < 4.78 is 19.0. The molecule has 0 atom stereocenters. The van der Waals surface area contributed by atoms with Gasteiger partial charge in [0.15, 0.2) is 5.75 Å². The molecule has 106 valence electrons. The van der Waals surface area contributed by atoms with Gasteiger partial charge in [-0.15, -0.1) is 0 Å². The SMILES string of the molecule is Cc1ccc(C(C)(C)C)c(Oc2ccc(F)cc2N)c1. The molecule has 0 spiro atoms. The van der Waals surface area contributed by atoms with Crippen LogP contribution in [0.15, 0.2) is 36.4 Å². The molecule has 0 unspecified atom stereocenters. The van der Waals surface area contributed by atoms with E-state index in [1.165, 1.54) is 12.1 Å². The van der Waals surface area contributed by atoms with Crippen LogP contribution in [0.5, 0.6) is 11.5 Å². The normalized spacial score (nSPS) is 11.4. The average Bonchev–Trinajstić information content (AvgIpc) is 2.31. The Balaban J connectivity index is 2.45. The topological polar surface area (TPSA) is 35.2 Å². The van der Waals surface area contributed by atoms with Crippen LogP contribution in [0.3, 0.4) is 0 Å². The molecule has 3 heteroatoms. The summed E-state index contributed by atoms with van der Waals surface area (Å²) in [5.74, 6) is 0.869. The molecule has 0 aliphatic heterocycles. The highest BCUT2D eigenvalue weighted by molar-refractivity contribution is 5.55. The van der Waals surface area contributed by atoms with Gasteiger partial charge >= 0.3 is 0 Å². The second-order valence-electron chi connectivity index (χ2n) is 6.03. The molecule has 2 aromatic rings. The third-order valence-corrected chi connectivity index (χ3v) is 3.14. The minimum Gasteiger partial charge on any atom is -0.455 e. The smallest absolute Gasteiger partial charge is 0.150 e. The molecule has 20 heavy (non-hydrogen) atoms. The van der Waals surface area contributed by atoms with E-state index in [1.807, 2.05) is 13.0 Å². The van der Waals surface area contributed by atoms with Crippen LogP contribution in [0.25, 0.3) is 0 Å². The predicted octanol–water partition coefficient (Wildman–Crippen LogP) is 4.81. The van der Waals surface area contributed by atoms with Gasteiger partial charge in [-0.2, -0.15) is 0 Å². The molecule has 0 heterocycles. The first-order valence-electron chi connectivity index (χ1n) is 6.61. The third kappa shape index (κ3) is 3.10. The average molecular weight is 273 g/mol. The number of aryl methyl sites for hydroxylation is 1. The van der Waals surface area contributed by atoms with Crippen LogP contribution in [0.1, 0.15) is 31.9 Å². The van der Waals surface area contributed by atoms with Gasteiger partial charge in [-0.25, -0.2) is 4.39 Å². The van der Waals surface area contributed by atoms with Crippen LogP contribution in [0.2, 0.25) is 0 Å². The number of ether oxygens (including phenoxy) is 1. The van der Waals surface area contributed by atoms with E-state index in [9.17, 15) is 4.39 Å². The number of nitrogen functional groups attached to an aromatic ring is 1. The Hall–Kier alpha value is -2.03. The highest BCUT2D eigenvalue weighted by Gasteiger charge is 2.19. The Morgan fingerprint density at radius 1 is 1.00 bits per heavy atom. The quantitative estimate of drug-likeness (QED) is 0.797. The van der Waals surface area contributed by atoms with Crippen LogP contribution in [-0.4, -0.2) is 0 Å². The second kappa shape index (κ2) is 5.16. The van der Waals surface area contributed by atoms with Crippen molar-refractivity contribution in [1.82, 2.24) is 0 Å². The van der Waals surface area contributed by atoms with Crippen LogP contribution in [-0.2, 0) is 5.41 Å². The largest absolute Gasteiger partial charge is 0.455 e. The van der Waals surface area contributed by atoms with E-state index in [1.54, 1.807) is 6.07 Å². The zero-order chi connectivity index (χ0) is 14.9. The van der Waals surface area contributed by atoms with Gasteiger partial charge in [0.2, 0.25) is 0 Å². The summed E-state index contributed by atoms with van der Waals surface area (Å²) in [5.41, 5.74) is 8.25. The molecule has 0 radical (unpaired) electrons. The van der Waals surface area contributed by atoms with Gasteiger partial charge in [0.05, 0.1) is 5.69 Å². The summed E-state index contributed by atoms with van der Waals surface area (Å²) in [7, 11) is 0. The minimum atomic E-state index is -0.366. The molecule has 0 aromatic heterocycles. The Kier molecular flexibility index (Phi) is 3.71. The lowest BCUT2D eigenvalue weighted by Crippen LogP contribution is -2.12. The van der Waals surface area contributed by atoms with Crippen molar-refractivity contribution in [2.45, 2.75) is 33.1 Å². The summed E-state index contributed by atoms with van der Waals surface area (Å²) in [5, 5.41) is 0. The third-order valence-electron chi connectivity index (χ3n) is 3.14. The van der Waals surface area contributed by atoms with Crippen LogP contribution in [0.4, 0.5) is 10.1 Å². The van der Waals surface area contributed by atoms with Crippen molar-refractivity contribution < 1.29 is 9.13 Å². The van der Waals surface area contributed by atoms with E-state index in [-0.39, 0.29) is 11.2 Å². The zero-order valence-corrected chi connectivity index (χ0v) is 12.3. The van der Waals surface area contributed by atoms with Crippen molar-refractivity contribution in [3.63, 3.8) is 0 Å². The Labute approximate surface area is 119 Å². The monoisotopic (exact) mass is 273 g/mol. The summed E-state index contributed by atoms with van der Waals surface area (Å²) in [6.07, 6.45) is 0. The molecule has 0 saturated heterocycles. The highest BCUT2D eigenvalue weighted by Crippen LogP contribution is 2.36. The minimum absolute atomic E-state index is 0.0438. The molecule has 0 amide bonds. The molecule has 2 nitrogen and oxygen atoms in total. The van der Waals surface area contributed by atoms with Gasteiger partial charge < -0.3 is 10.5 Å². The number of benzene rings is 2. The van der Waals surface area contributed by atoms with Gasteiger partial charge in [0.25, 0.3) is 0 Å². The molecule has 0 aliphatic rings. The van der Waals surface area contributed by atoms with Crippen LogP contribution < -0.4 is 10.5 Å². The molecule has 0 bridgehead atoms. The van der Waals surface area contributed by atoms with E-state index >= 15 is 0 Å². The first-order valence-corrected chi connectivity index (χ1v) is 6.61. The maximum atomic E-state index is 13.1. The van der Waals surface area contributed by atoms with Crippen molar-refractivity contribution in [2.24, 2.45) is 0 Å². The fourth-order valence-electron chi connectivity index (χ4n) is 2.06. The zero-order valence-electron chi connectivity index (χ0n) is 12.3. The van der Waals surface area contributed by atoms with E-state index in [2.05, 4.69) is 32.9 Å². The molecule has 0 aliphatic carbocycles. The Morgan fingerprint density at radius 2 is 1.70 bits per heavy atom. The van der Waals surface area contributed by atoms with Gasteiger partial charge in [-0.3, -0.25) is 0 Å². The molecule has 2 N–H and O–H groups in total.